The van der Waals surface area contributed by atoms with Crippen LogP contribution < -0.4 is 5.32 Å². The van der Waals surface area contributed by atoms with Gasteiger partial charge in [-0.25, -0.2) is 0 Å². The van der Waals surface area contributed by atoms with Crippen LogP contribution >= 0.6 is 11.6 Å². The number of carbonyl (C=O) groups is 2. The van der Waals surface area contributed by atoms with Gasteiger partial charge in [-0.3, -0.25) is 9.59 Å². The van der Waals surface area contributed by atoms with Crippen LogP contribution in [0.3, 0.4) is 0 Å². The maximum absolute atomic E-state index is 13.2. The molecule has 5 heteroatoms. The van der Waals surface area contributed by atoms with E-state index in [-0.39, 0.29) is 17.4 Å². The summed E-state index contributed by atoms with van der Waals surface area (Å²) < 4.78 is 0. The average molecular weight is 429 g/mol. The molecule has 0 aliphatic carbocycles. The first-order chi connectivity index (χ1) is 14.1. The number of halogens is 1. The molecule has 0 unspecified atom stereocenters. The van der Waals surface area contributed by atoms with Crippen LogP contribution in [0.15, 0.2) is 48.5 Å². The number of nitrogens with one attached hydrogen (secondary N) is 1. The van der Waals surface area contributed by atoms with Gasteiger partial charge in [0.2, 0.25) is 11.8 Å². The summed E-state index contributed by atoms with van der Waals surface area (Å²) in [6, 6.07) is 15.2. The first-order valence-electron chi connectivity index (χ1n) is 10.5. The van der Waals surface area contributed by atoms with Crippen molar-refractivity contribution in [1.29, 1.82) is 0 Å². The summed E-state index contributed by atoms with van der Waals surface area (Å²) in [5.74, 6) is -0.212. The van der Waals surface area contributed by atoms with Crippen LogP contribution in [0.25, 0.3) is 0 Å². The van der Waals surface area contributed by atoms with Crippen LogP contribution in [-0.2, 0) is 29.0 Å². The molecule has 0 saturated carbocycles. The lowest BCUT2D eigenvalue weighted by Crippen LogP contribution is -2.52. The van der Waals surface area contributed by atoms with Gasteiger partial charge in [0.1, 0.15) is 6.04 Å². The molecule has 1 atom stereocenters. The molecule has 0 aliphatic rings. The number of rotatable bonds is 8. The second-order valence-corrected chi connectivity index (χ2v) is 9.17. The maximum Gasteiger partial charge on any atom is 0.242 e. The summed E-state index contributed by atoms with van der Waals surface area (Å²) in [5, 5.41) is 3.59. The monoisotopic (exact) mass is 428 g/mol. The van der Waals surface area contributed by atoms with Gasteiger partial charge < -0.3 is 10.2 Å². The van der Waals surface area contributed by atoms with Crippen LogP contribution in [-0.4, -0.2) is 28.3 Å². The highest BCUT2D eigenvalue weighted by Gasteiger charge is 2.28. The van der Waals surface area contributed by atoms with Crippen LogP contribution in [0.2, 0.25) is 5.02 Å². The Morgan fingerprint density at radius 2 is 1.67 bits per heavy atom. The van der Waals surface area contributed by atoms with Crippen molar-refractivity contribution in [1.82, 2.24) is 10.2 Å². The standard InChI is InChI=1S/C25H33ClN2O2/c1-6-19-10-12-20(13-11-19)14-15-23(29)28(17-21-8-7-9-22(26)16-21)18(2)24(30)27-25(3,4)5/h7-13,16,18H,6,14-15,17H2,1-5H3,(H,27,30)/t18-/m1/s1. The number of amides is 2. The molecular weight excluding hydrogens is 396 g/mol. The molecule has 1 N–H and O–H groups in total. The predicted octanol–water partition coefficient (Wildman–Crippen LogP) is 5.17. The molecule has 0 radical (unpaired) electrons. The number of aryl methyl sites for hydroxylation is 2. The normalized spacial score (nSPS) is 12.3. The molecule has 0 bridgehead atoms. The fourth-order valence-electron chi connectivity index (χ4n) is 3.23. The SMILES string of the molecule is CCc1ccc(CCC(=O)N(Cc2cccc(Cl)c2)[C@H](C)C(=O)NC(C)(C)C)cc1. The van der Waals surface area contributed by atoms with Crippen molar-refractivity contribution in [3.63, 3.8) is 0 Å². The van der Waals surface area contributed by atoms with Crippen LogP contribution in [0.1, 0.15) is 57.7 Å². The molecule has 0 spiro atoms. The van der Waals surface area contributed by atoms with Crippen molar-refractivity contribution in [2.75, 3.05) is 0 Å². The van der Waals surface area contributed by atoms with E-state index in [9.17, 15) is 9.59 Å². The van der Waals surface area contributed by atoms with E-state index >= 15 is 0 Å². The van der Waals surface area contributed by atoms with Gasteiger partial charge in [0, 0.05) is 23.5 Å². The van der Waals surface area contributed by atoms with Crippen molar-refractivity contribution in [2.24, 2.45) is 0 Å². The van der Waals surface area contributed by atoms with Crippen LogP contribution in [0.4, 0.5) is 0 Å². The smallest absolute Gasteiger partial charge is 0.242 e. The molecule has 162 valence electrons. The minimum absolute atomic E-state index is 0.0499. The quantitative estimate of drug-likeness (QED) is 0.630. The Morgan fingerprint density at radius 1 is 1.03 bits per heavy atom. The van der Waals surface area contributed by atoms with Crippen molar-refractivity contribution in [3.05, 3.63) is 70.2 Å². The summed E-state index contributed by atoms with van der Waals surface area (Å²) >= 11 is 6.12. The van der Waals surface area contributed by atoms with E-state index in [1.54, 1.807) is 17.9 Å². The third kappa shape index (κ3) is 7.49. The Labute approximate surface area is 185 Å². The molecular formula is C25H33ClN2O2. The van der Waals surface area contributed by atoms with Crippen molar-refractivity contribution >= 4 is 23.4 Å². The third-order valence-corrected chi connectivity index (χ3v) is 5.20. The summed E-state index contributed by atoms with van der Waals surface area (Å²) in [7, 11) is 0. The van der Waals surface area contributed by atoms with Gasteiger partial charge in [-0.1, -0.05) is 54.9 Å². The molecule has 2 aromatic carbocycles. The first-order valence-corrected chi connectivity index (χ1v) is 10.9. The number of hydrogen-bond donors (Lipinski definition) is 1. The molecule has 0 saturated heterocycles. The first kappa shape index (κ1) is 23.9. The Morgan fingerprint density at radius 3 is 2.23 bits per heavy atom. The van der Waals surface area contributed by atoms with E-state index < -0.39 is 6.04 Å². The molecule has 30 heavy (non-hydrogen) atoms. The van der Waals surface area contributed by atoms with Gasteiger partial charge in [0.15, 0.2) is 0 Å². The lowest BCUT2D eigenvalue weighted by molar-refractivity contribution is -0.141. The Hall–Kier alpha value is -2.33. The summed E-state index contributed by atoms with van der Waals surface area (Å²) in [4.78, 5) is 27.6. The molecule has 2 rings (SSSR count). The third-order valence-electron chi connectivity index (χ3n) is 4.97. The zero-order valence-electron chi connectivity index (χ0n) is 18.7. The second kappa shape index (κ2) is 10.6. The molecule has 4 nitrogen and oxygen atoms in total. The van der Waals surface area contributed by atoms with Crippen LogP contribution in [0, 0.1) is 0 Å². The predicted molar refractivity (Wildman–Crippen MR) is 124 cm³/mol. The summed E-state index contributed by atoms with van der Waals surface area (Å²) in [5.41, 5.74) is 2.94. The van der Waals surface area contributed by atoms with Crippen molar-refractivity contribution < 1.29 is 9.59 Å². The second-order valence-electron chi connectivity index (χ2n) is 8.74. The van der Waals surface area contributed by atoms with E-state index in [0.29, 0.717) is 24.4 Å². The summed E-state index contributed by atoms with van der Waals surface area (Å²) in [6.45, 7) is 10.0. The van der Waals surface area contributed by atoms with Gasteiger partial charge in [-0.2, -0.15) is 0 Å². The topological polar surface area (TPSA) is 49.4 Å². The maximum atomic E-state index is 13.2. The highest BCUT2D eigenvalue weighted by atomic mass is 35.5. The average Bonchev–Trinajstić information content (AvgIpc) is 2.69. The molecule has 0 heterocycles. The fraction of sp³-hybridized carbons (Fsp3) is 0.440. The lowest BCUT2D eigenvalue weighted by atomic mass is 10.0. The van der Waals surface area contributed by atoms with Gasteiger partial charge in [-0.05, 0) is 69.4 Å². The van der Waals surface area contributed by atoms with Gasteiger partial charge in [0.05, 0.1) is 0 Å². The minimum atomic E-state index is -0.585. The largest absolute Gasteiger partial charge is 0.350 e. The van der Waals surface area contributed by atoms with Gasteiger partial charge in [-0.15, -0.1) is 0 Å². The Kier molecular flexibility index (Phi) is 8.48. The van der Waals surface area contributed by atoms with E-state index in [0.717, 1.165) is 17.5 Å². The lowest BCUT2D eigenvalue weighted by Gasteiger charge is -2.31. The fourth-order valence-corrected chi connectivity index (χ4v) is 3.44. The minimum Gasteiger partial charge on any atom is -0.350 e. The molecule has 0 fully saturated rings. The number of benzene rings is 2. The highest BCUT2D eigenvalue weighted by Crippen LogP contribution is 2.17. The number of hydrogen-bond acceptors (Lipinski definition) is 2. The van der Waals surface area contributed by atoms with Crippen molar-refractivity contribution in [3.8, 4) is 0 Å². The van der Waals surface area contributed by atoms with E-state index in [4.69, 9.17) is 11.6 Å². The number of nitrogens with zero attached hydrogens (tertiary/aromatic N) is 1. The zero-order valence-corrected chi connectivity index (χ0v) is 19.4. The highest BCUT2D eigenvalue weighted by molar-refractivity contribution is 6.30. The Bertz CT molecular complexity index is 856. The van der Waals surface area contributed by atoms with Gasteiger partial charge >= 0.3 is 0 Å². The van der Waals surface area contributed by atoms with Crippen LogP contribution in [0.5, 0.6) is 0 Å². The van der Waals surface area contributed by atoms with E-state index in [1.165, 1.54) is 5.56 Å². The van der Waals surface area contributed by atoms with E-state index in [1.807, 2.05) is 39.0 Å². The zero-order chi connectivity index (χ0) is 22.3. The molecule has 2 aromatic rings. The van der Waals surface area contributed by atoms with Crippen molar-refractivity contribution in [2.45, 2.75) is 72.0 Å². The molecule has 0 aromatic heterocycles. The molecule has 2 amide bonds. The molecule has 0 aliphatic heterocycles. The Balaban J connectivity index is 2.15. The van der Waals surface area contributed by atoms with Gasteiger partial charge in [0.25, 0.3) is 0 Å². The van der Waals surface area contributed by atoms with E-state index in [2.05, 4.69) is 36.5 Å². The number of carbonyl (C=O) groups excluding carboxylic acids is 2. The summed E-state index contributed by atoms with van der Waals surface area (Å²) in [6.07, 6.45) is 1.98.